The van der Waals surface area contributed by atoms with Crippen LogP contribution in [0.4, 0.5) is 0 Å². The van der Waals surface area contributed by atoms with Crippen molar-refractivity contribution in [1.29, 1.82) is 0 Å². The maximum Gasteiger partial charge on any atom is 0.357 e. The average Bonchev–Trinajstić information content (AvgIpc) is 2.41. The van der Waals surface area contributed by atoms with Crippen LogP contribution in [0.3, 0.4) is 0 Å². The van der Waals surface area contributed by atoms with E-state index in [2.05, 4.69) is 5.32 Å². The van der Waals surface area contributed by atoms with Crippen LogP contribution in [0.25, 0.3) is 0 Å². The lowest BCUT2D eigenvalue weighted by Gasteiger charge is -2.32. The molecular formula is C14H18Cl2N2O4. The highest BCUT2D eigenvalue weighted by molar-refractivity contribution is 6.42. The number of methoxy groups -OCH3 is 1. The monoisotopic (exact) mass is 348 g/mol. The van der Waals surface area contributed by atoms with Crippen LogP contribution in [-0.2, 0) is 20.7 Å². The molecule has 1 amide bonds. The topological polar surface area (TPSA) is 102 Å². The van der Waals surface area contributed by atoms with Crippen molar-refractivity contribution in [3.05, 3.63) is 33.8 Å². The summed E-state index contributed by atoms with van der Waals surface area (Å²) in [5.41, 5.74) is 2.84. The molecule has 0 aliphatic heterocycles. The smallest absolute Gasteiger partial charge is 0.357 e. The van der Waals surface area contributed by atoms with Crippen molar-refractivity contribution in [2.24, 2.45) is 5.73 Å². The van der Waals surface area contributed by atoms with Crippen LogP contribution in [0.15, 0.2) is 18.2 Å². The molecule has 1 atom stereocenters. The number of halogens is 2. The van der Waals surface area contributed by atoms with Gasteiger partial charge >= 0.3 is 5.97 Å². The summed E-state index contributed by atoms with van der Waals surface area (Å²) in [7, 11) is 1.18. The molecule has 0 unspecified atom stereocenters. The Balaban J connectivity index is 3.20. The molecule has 0 bridgehead atoms. The Hall–Kier alpha value is -1.34. The third kappa shape index (κ3) is 4.10. The lowest BCUT2D eigenvalue weighted by atomic mass is 9.99. The number of aliphatic carboxylic acids is 1. The summed E-state index contributed by atoms with van der Waals surface area (Å²) in [6.45, 7) is 2.91. The van der Waals surface area contributed by atoms with E-state index in [1.165, 1.54) is 21.0 Å². The minimum atomic E-state index is -2.00. The van der Waals surface area contributed by atoms with Gasteiger partial charge in [-0.3, -0.25) is 4.79 Å². The molecule has 8 heteroatoms. The molecule has 6 nitrogen and oxygen atoms in total. The first-order chi connectivity index (χ1) is 10.0. The number of carboxylic acids is 1. The maximum atomic E-state index is 12.0. The lowest BCUT2D eigenvalue weighted by Crippen LogP contribution is -2.63. The van der Waals surface area contributed by atoms with E-state index in [0.29, 0.717) is 5.56 Å². The van der Waals surface area contributed by atoms with Crippen LogP contribution >= 0.6 is 23.2 Å². The fraction of sp³-hybridized carbons (Fsp3) is 0.429. The Morgan fingerprint density at radius 1 is 1.36 bits per heavy atom. The molecule has 0 spiro atoms. The molecule has 1 aromatic carbocycles. The first kappa shape index (κ1) is 18.7. The number of rotatable bonds is 6. The van der Waals surface area contributed by atoms with Gasteiger partial charge in [0.25, 0.3) is 0 Å². The number of ether oxygens (including phenoxy) is 1. The fourth-order valence-corrected chi connectivity index (χ4v) is 2.07. The molecule has 0 saturated carbocycles. The molecule has 1 rings (SSSR count). The zero-order valence-corrected chi connectivity index (χ0v) is 14.0. The molecule has 0 aliphatic rings. The highest BCUT2D eigenvalue weighted by atomic mass is 35.5. The van der Waals surface area contributed by atoms with Gasteiger partial charge in [-0.2, -0.15) is 0 Å². The first-order valence-corrected chi connectivity index (χ1v) is 7.12. The summed E-state index contributed by atoms with van der Waals surface area (Å²) >= 11 is 12.0. The van der Waals surface area contributed by atoms with Gasteiger partial charge in [-0.05, 0) is 25.5 Å². The molecule has 0 heterocycles. The van der Waals surface area contributed by atoms with Crippen molar-refractivity contribution >= 4 is 35.1 Å². The third-order valence-corrected chi connectivity index (χ3v) is 3.92. The zero-order valence-electron chi connectivity index (χ0n) is 12.4. The van der Waals surface area contributed by atoms with Crippen molar-refractivity contribution in [3.8, 4) is 0 Å². The summed E-state index contributed by atoms with van der Waals surface area (Å²) in [4.78, 5) is 23.7. The van der Waals surface area contributed by atoms with Gasteiger partial charge in [-0.1, -0.05) is 35.3 Å². The number of nitrogens with one attached hydrogen (secondary N) is 1. The van der Waals surface area contributed by atoms with Crippen molar-refractivity contribution < 1.29 is 19.4 Å². The highest BCUT2D eigenvalue weighted by Crippen LogP contribution is 2.29. The normalized spacial score (nSPS) is 14.3. The summed E-state index contributed by atoms with van der Waals surface area (Å²) in [6.07, 6.45) is -0.208. The predicted octanol–water partition coefficient (Wildman–Crippen LogP) is 1.82. The Bertz CT molecular complexity index is 587. The second-order valence-corrected chi connectivity index (χ2v) is 6.19. The number of carboxylic acid groups (broad SMARTS) is 1. The fourth-order valence-electron chi connectivity index (χ4n) is 1.68. The van der Waals surface area contributed by atoms with Crippen LogP contribution in [0.2, 0.25) is 10.0 Å². The van der Waals surface area contributed by atoms with Crippen molar-refractivity contribution in [1.82, 2.24) is 5.32 Å². The Morgan fingerprint density at radius 2 is 1.95 bits per heavy atom. The Morgan fingerprint density at radius 3 is 2.41 bits per heavy atom. The minimum absolute atomic E-state index is 0.202. The van der Waals surface area contributed by atoms with Crippen molar-refractivity contribution in [2.45, 2.75) is 31.5 Å². The molecule has 0 radical (unpaired) electrons. The van der Waals surface area contributed by atoms with Crippen LogP contribution in [0.1, 0.15) is 19.4 Å². The van der Waals surface area contributed by atoms with Crippen LogP contribution in [0.5, 0.6) is 0 Å². The van der Waals surface area contributed by atoms with Gasteiger partial charge < -0.3 is 20.9 Å². The first-order valence-electron chi connectivity index (χ1n) is 6.36. The van der Waals surface area contributed by atoms with Gasteiger partial charge in [0, 0.05) is 13.5 Å². The number of nitrogens with two attached hydrogens (primary N) is 1. The second kappa shape index (κ2) is 6.83. The number of benzene rings is 1. The molecular weight excluding hydrogens is 331 g/mol. The minimum Gasteiger partial charge on any atom is -0.478 e. The van der Waals surface area contributed by atoms with Crippen LogP contribution in [-0.4, -0.2) is 35.4 Å². The number of carbonyl (C=O) groups is 2. The molecule has 0 saturated heterocycles. The molecule has 0 aliphatic carbocycles. The maximum absolute atomic E-state index is 12.0. The van der Waals surface area contributed by atoms with Gasteiger partial charge in [0.15, 0.2) is 0 Å². The van der Waals surface area contributed by atoms with E-state index >= 15 is 0 Å². The summed E-state index contributed by atoms with van der Waals surface area (Å²) in [6, 6.07) is 4.80. The molecule has 122 valence electrons. The van der Waals surface area contributed by atoms with Crippen LogP contribution in [0, 0.1) is 0 Å². The average molecular weight is 349 g/mol. The van der Waals surface area contributed by atoms with Crippen molar-refractivity contribution in [2.75, 3.05) is 7.11 Å². The molecule has 1 aromatic rings. The third-order valence-electron chi connectivity index (χ3n) is 3.07. The molecule has 22 heavy (non-hydrogen) atoms. The number of amides is 1. The highest BCUT2D eigenvalue weighted by Gasteiger charge is 2.43. The van der Waals surface area contributed by atoms with E-state index < -0.39 is 23.1 Å². The van der Waals surface area contributed by atoms with E-state index in [0.717, 1.165) is 0 Å². The van der Waals surface area contributed by atoms with Gasteiger partial charge in [-0.15, -0.1) is 0 Å². The predicted molar refractivity (Wildman–Crippen MR) is 84.0 cm³/mol. The molecule has 0 fully saturated rings. The van der Waals surface area contributed by atoms with Gasteiger partial charge in [0.05, 0.1) is 15.6 Å². The van der Waals surface area contributed by atoms with Gasteiger partial charge in [-0.25, -0.2) is 4.79 Å². The SMILES string of the molecule is CO[C@@](Cc1cccc(Cl)c1Cl)(NC(=O)C(C)(C)N)C(=O)O. The zero-order chi connectivity index (χ0) is 17.1. The number of carbonyl (C=O) groups excluding carboxylic acids is 1. The van der Waals surface area contributed by atoms with Crippen molar-refractivity contribution in [3.63, 3.8) is 0 Å². The van der Waals surface area contributed by atoms with Gasteiger partial charge in [0.2, 0.25) is 11.6 Å². The number of hydrogen-bond donors (Lipinski definition) is 3. The van der Waals surface area contributed by atoms with E-state index in [1.807, 2.05) is 0 Å². The number of hydrogen-bond acceptors (Lipinski definition) is 4. The van der Waals surface area contributed by atoms with E-state index in [1.54, 1.807) is 18.2 Å². The van der Waals surface area contributed by atoms with E-state index in [9.17, 15) is 14.7 Å². The van der Waals surface area contributed by atoms with E-state index in [4.69, 9.17) is 33.7 Å². The summed E-state index contributed by atoms with van der Waals surface area (Å²) in [5, 5.41) is 12.3. The Labute approximate surface area is 138 Å². The summed E-state index contributed by atoms with van der Waals surface area (Å²) < 4.78 is 5.08. The van der Waals surface area contributed by atoms with Crippen LogP contribution < -0.4 is 11.1 Å². The van der Waals surface area contributed by atoms with Gasteiger partial charge in [0.1, 0.15) is 0 Å². The standard InChI is InChI=1S/C14H18Cl2N2O4/c1-13(2,17)11(19)18-14(22-3,12(20)21)7-8-5-4-6-9(15)10(8)16/h4-6H,7,17H2,1-3H3,(H,18,19)(H,20,21)/t14-/m1/s1. The second-order valence-electron chi connectivity index (χ2n) is 5.40. The quantitative estimate of drug-likeness (QED) is 0.680. The largest absolute Gasteiger partial charge is 0.478 e. The molecule has 4 N–H and O–H groups in total. The molecule has 0 aromatic heterocycles. The summed E-state index contributed by atoms with van der Waals surface area (Å²) in [5.74, 6) is -2.04. The Kier molecular flexibility index (Phi) is 5.81. The lowest BCUT2D eigenvalue weighted by molar-refractivity contribution is -0.170. The van der Waals surface area contributed by atoms with E-state index in [-0.39, 0.29) is 16.5 Å².